The third kappa shape index (κ3) is 5.65. The molecule has 0 aliphatic rings. The van der Waals surface area contributed by atoms with Crippen LogP contribution in [0.4, 0.5) is 11.4 Å². The largest absolute Gasteiger partial charge is 0.493 e. The number of nitrogens with zero attached hydrogens (tertiary/aromatic N) is 2. The zero-order chi connectivity index (χ0) is 25.5. The van der Waals surface area contributed by atoms with E-state index >= 15 is 0 Å². The second-order valence-electron chi connectivity index (χ2n) is 7.37. The number of furan rings is 1. The van der Waals surface area contributed by atoms with Crippen LogP contribution in [0.1, 0.15) is 16.1 Å². The number of methoxy groups -OCH3 is 1. The molecule has 182 valence electrons. The van der Waals surface area contributed by atoms with Crippen molar-refractivity contribution >= 4 is 40.4 Å². The van der Waals surface area contributed by atoms with Gasteiger partial charge in [0.2, 0.25) is 0 Å². The summed E-state index contributed by atoms with van der Waals surface area (Å²) >= 11 is 0. The molecule has 2 amide bonds. The second kappa shape index (κ2) is 10.8. The van der Waals surface area contributed by atoms with Gasteiger partial charge in [-0.3, -0.25) is 19.7 Å². The van der Waals surface area contributed by atoms with E-state index in [1.807, 2.05) is 6.07 Å². The van der Waals surface area contributed by atoms with E-state index in [1.165, 1.54) is 37.6 Å². The number of nitro groups is 1. The van der Waals surface area contributed by atoms with Crippen LogP contribution in [0.25, 0.3) is 11.0 Å². The van der Waals surface area contributed by atoms with Gasteiger partial charge in [-0.15, -0.1) is 0 Å². The Morgan fingerprint density at radius 2 is 1.89 bits per heavy atom. The Morgan fingerprint density at radius 3 is 2.64 bits per heavy atom. The Labute approximate surface area is 204 Å². The molecular weight excluding hydrogens is 468 g/mol. The summed E-state index contributed by atoms with van der Waals surface area (Å²) in [5.74, 6) is -0.456. The summed E-state index contributed by atoms with van der Waals surface area (Å²) in [6, 6.07) is 19.4. The number of hydrogen-bond donors (Lipinski definition) is 2. The molecule has 36 heavy (non-hydrogen) atoms. The highest BCUT2D eigenvalue weighted by molar-refractivity contribution is 5.97. The molecule has 4 aromatic rings. The first-order valence-corrected chi connectivity index (χ1v) is 10.6. The van der Waals surface area contributed by atoms with Gasteiger partial charge in [-0.1, -0.05) is 24.3 Å². The maximum Gasteiger partial charge on any atom is 0.307 e. The van der Waals surface area contributed by atoms with Crippen molar-refractivity contribution in [1.82, 2.24) is 5.43 Å². The predicted molar refractivity (Wildman–Crippen MR) is 131 cm³/mol. The Morgan fingerprint density at radius 1 is 1.08 bits per heavy atom. The molecular formula is C25H20N4O7. The molecule has 0 fully saturated rings. The molecule has 2 N–H and O–H groups in total. The molecule has 1 aromatic heterocycles. The molecule has 0 spiro atoms. The lowest BCUT2D eigenvalue weighted by molar-refractivity contribution is -0.384. The maximum atomic E-state index is 12.5. The van der Waals surface area contributed by atoms with Crippen LogP contribution >= 0.6 is 0 Å². The number of amides is 2. The first-order valence-electron chi connectivity index (χ1n) is 10.6. The van der Waals surface area contributed by atoms with Gasteiger partial charge >= 0.3 is 5.91 Å². The molecule has 1 heterocycles. The number of ether oxygens (including phenoxy) is 2. The Bertz CT molecular complexity index is 1450. The fourth-order valence-electron chi connectivity index (χ4n) is 3.28. The molecule has 0 saturated carbocycles. The van der Waals surface area contributed by atoms with Crippen LogP contribution in [0.2, 0.25) is 0 Å². The highest BCUT2D eigenvalue weighted by atomic mass is 16.6. The van der Waals surface area contributed by atoms with Crippen LogP contribution in [0.3, 0.4) is 0 Å². The summed E-state index contributed by atoms with van der Waals surface area (Å²) in [5, 5.41) is 18.0. The van der Waals surface area contributed by atoms with E-state index in [0.29, 0.717) is 28.0 Å². The fraction of sp³-hybridized carbons (Fsp3) is 0.0800. The molecule has 3 aromatic carbocycles. The number of carbonyl (C=O) groups excluding carboxylic acids is 2. The van der Waals surface area contributed by atoms with E-state index in [0.717, 1.165) is 0 Å². The van der Waals surface area contributed by atoms with Gasteiger partial charge < -0.3 is 19.2 Å². The van der Waals surface area contributed by atoms with Crippen molar-refractivity contribution in [3.05, 3.63) is 94.2 Å². The van der Waals surface area contributed by atoms with E-state index < -0.39 is 10.8 Å². The number of fused-ring (bicyclic) bond motifs is 1. The summed E-state index contributed by atoms with van der Waals surface area (Å²) < 4.78 is 16.5. The summed E-state index contributed by atoms with van der Waals surface area (Å²) in [6.45, 7) is -0.284. The number of non-ortho nitro benzene ring substituents is 1. The third-order valence-electron chi connectivity index (χ3n) is 4.94. The van der Waals surface area contributed by atoms with Crippen molar-refractivity contribution in [2.45, 2.75) is 0 Å². The smallest absolute Gasteiger partial charge is 0.307 e. The number of nitrogens with one attached hydrogen (secondary N) is 2. The third-order valence-corrected chi connectivity index (χ3v) is 4.94. The molecule has 0 saturated heterocycles. The van der Waals surface area contributed by atoms with Crippen LogP contribution in [-0.2, 0) is 4.79 Å². The Hall–Kier alpha value is -5.19. The van der Waals surface area contributed by atoms with E-state index in [9.17, 15) is 19.7 Å². The summed E-state index contributed by atoms with van der Waals surface area (Å²) in [6.07, 6.45) is 1.33. The SMILES string of the molecule is COc1cccc(/C=N\NC(=O)c2cc3cc([N+](=O)[O-])ccc3o2)c1OCC(=O)Nc1ccccc1. The molecule has 0 bridgehead atoms. The molecule has 4 rings (SSSR count). The van der Waals surface area contributed by atoms with Crippen molar-refractivity contribution in [3.63, 3.8) is 0 Å². The molecule has 0 atom stereocenters. The minimum Gasteiger partial charge on any atom is -0.493 e. The van der Waals surface area contributed by atoms with Gasteiger partial charge in [0.1, 0.15) is 5.58 Å². The number of anilines is 1. The maximum absolute atomic E-state index is 12.5. The minimum atomic E-state index is -0.655. The Balaban J connectivity index is 1.44. The summed E-state index contributed by atoms with van der Waals surface area (Å²) in [5.41, 5.74) is 3.63. The fourth-order valence-corrected chi connectivity index (χ4v) is 3.28. The highest BCUT2D eigenvalue weighted by Crippen LogP contribution is 2.30. The number of rotatable bonds is 9. The van der Waals surface area contributed by atoms with Gasteiger partial charge in [-0.05, 0) is 36.4 Å². The first-order chi connectivity index (χ1) is 17.4. The molecule has 0 aliphatic carbocycles. The summed E-state index contributed by atoms with van der Waals surface area (Å²) in [7, 11) is 1.46. The van der Waals surface area contributed by atoms with Crippen LogP contribution in [0.15, 0.2) is 82.3 Å². The molecule has 0 radical (unpaired) electrons. The van der Waals surface area contributed by atoms with Crippen molar-refractivity contribution < 1.29 is 28.4 Å². The van der Waals surface area contributed by atoms with E-state index in [1.54, 1.807) is 42.5 Å². The van der Waals surface area contributed by atoms with E-state index in [2.05, 4.69) is 15.8 Å². The second-order valence-corrected chi connectivity index (χ2v) is 7.37. The van der Waals surface area contributed by atoms with Crippen molar-refractivity contribution in [1.29, 1.82) is 0 Å². The zero-order valence-corrected chi connectivity index (χ0v) is 19.0. The quantitative estimate of drug-likeness (QED) is 0.205. The standard InChI is InChI=1S/C25H20N4O7/c1-34-21-9-5-6-16(24(21)35-15-23(30)27-18-7-3-2-4-8-18)14-26-28-25(31)22-13-17-12-19(29(32)33)10-11-20(17)36-22/h2-14H,15H2,1H3,(H,27,30)(H,28,31)/b26-14-. The minimum absolute atomic E-state index is 0.0673. The predicted octanol–water partition coefficient (Wildman–Crippen LogP) is 4.13. The monoisotopic (exact) mass is 488 g/mol. The van der Waals surface area contributed by atoms with Crippen molar-refractivity contribution in [2.24, 2.45) is 5.10 Å². The van der Waals surface area contributed by atoms with Gasteiger partial charge in [0.25, 0.3) is 11.6 Å². The van der Waals surface area contributed by atoms with Gasteiger partial charge in [0.15, 0.2) is 23.9 Å². The number of nitro benzene ring substituents is 1. The lowest BCUT2D eigenvalue weighted by Gasteiger charge is -2.13. The average Bonchev–Trinajstić information content (AvgIpc) is 3.32. The van der Waals surface area contributed by atoms with Crippen LogP contribution < -0.4 is 20.2 Å². The highest BCUT2D eigenvalue weighted by Gasteiger charge is 2.15. The number of hydrogen-bond acceptors (Lipinski definition) is 8. The zero-order valence-electron chi connectivity index (χ0n) is 19.0. The van der Waals surface area contributed by atoms with E-state index in [4.69, 9.17) is 13.9 Å². The lowest BCUT2D eigenvalue weighted by Crippen LogP contribution is -2.21. The molecule has 0 unspecified atom stereocenters. The van der Waals surface area contributed by atoms with Crippen LogP contribution in [0.5, 0.6) is 11.5 Å². The van der Waals surface area contributed by atoms with Crippen molar-refractivity contribution in [3.8, 4) is 11.5 Å². The lowest BCUT2D eigenvalue weighted by atomic mass is 10.2. The van der Waals surface area contributed by atoms with Gasteiger partial charge in [0.05, 0.1) is 18.2 Å². The summed E-state index contributed by atoms with van der Waals surface area (Å²) in [4.78, 5) is 35.1. The van der Waals surface area contributed by atoms with Crippen LogP contribution in [0, 0.1) is 10.1 Å². The molecule has 0 aliphatic heterocycles. The number of hydrazone groups is 1. The Kier molecular flexibility index (Phi) is 7.20. The normalized spacial score (nSPS) is 10.8. The molecule has 11 heteroatoms. The van der Waals surface area contributed by atoms with Crippen LogP contribution in [-0.4, -0.2) is 36.7 Å². The van der Waals surface area contributed by atoms with E-state index in [-0.39, 0.29) is 29.7 Å². The number of carbonyl (C=O) groups is 2. The van der Waals surface area contributed by atoms with Gasteiger partial charge in [0, 0.05) is 28.8 Å². The topological polar surface area (TPSA) is 145 Å². The van der Waals surface area contributed by atoms with Crippen molar-refractivity contribution in [2.75, 3.05) is 19.0 Å². The first kappa shape index (κ1) is 24.0. The van der Waals surface area contributed by atoms with Gasteiger partial charge in [-0.2, -0.15) is 5.10 Å². The number of benzene rings is 3. The van der Waals surface area contributed by atoms with Gasteiger partial charge in [-0.25, -0.2) is 5.43 Å². The number of para-hydroxylation sites is 2. The molecule has 11 nitrogen and oxygen atoms in total. The average molecular weight is 488 g/mol.